The standard InChI is InChI=1S/C15H16ClNO/c16-14-10-12(8-9-17)6-7-15(14)18-11-13-4-2-1-3-5-13/h1-7,10H,8-9,11,17H2. The summed E-state index contributed by atoms with van der Waals surface area (Å²) in [7, 11) is 0. The van der Waals surface area contributed by atoms with Crippen LogP contribution in [0.4, 0.5) is 0 Å². The summed E-state index contributed by atoms with van der Waals surface area (Å²) in [6, 6.07) is 15.8. The first kappa shape index (κ1) is 12.9. The van der Waals surface area contributed by atoms with Crippen molar-refractivity contribution >= 4 is 11.6 Å². The summed E-state index contributed by atoms with van der Waals surface area (Å²) in [5, 5.41) is 0.636. The monoisotopic (exact) mass is 261 g/mol. The Kier molecular flexibility index (Phi) is 4.62. The molecule has 2 aromatic rings. The maximum atomic E-state index is 6.17. The highest BCUT2D eigenvalue weighted by atomic mass is 35.5. The SMILES string of the molecule is NCCc1ccc(OCc2ccccc2)c(Cl)c1. The Morgan fingerprint density at radius 1 is 1.00 bits per heavy atom. The van der Waals surface area contributed by atoms with Crippen LogP contribution in [0, 0.1) is 0 Å². The van der Waals surface area contributed by atoms with E-state index in [-0.39, 0.29) is 0 Å². The van der Waals surface area contributed by atoms with Crippen molar-refractivity contribution in [2.24, 2.45) is 5.73 Å². The topological polar surface area (TPSA) is 35.2 Å². The molecule has 0 atom stereocenters. The molecule has 0 saturated carbocycles. The first-order chi connectivity index (χ1) is 8.79. The summed E-state index contributed by atoms with van der Waals surface area (Å²) < 4.78 is 5.69. The van der Waals surface area contributed by atoms with Gasteiger partial charge in [0.1, 0.15) is 12.4 Å². The first-order valence-corrected chi connectivity index (χ1v) is 6.32. The van der Waals surface area contributed by atoms with Crippen LogP contribution in [-0.4, -0.2) is 6.54 Å². The Bertz CT molecular complexity index is 499. The van der Waals surface area contributed by atoms with Gasteiger partial charge in [0.2, 0.25) is 0 Å². The second-order valence-electron chi connectivity index (χ2n) is 4.08. The largest absolute Gasteiger partial charge is 0.487 e. The second-order valence-corrected chi connectivity index (χ2v) is 4.48. The molecule has 0 bridgehead atoms. The molecular formula is C15H16ClNO. The van der Waals surface area contributed by atoms with Crippen molar-refractivity contribution in [3.8, 4) is 5.75 Å². The average molecular weight is 262 g/mol. The fraction of sp³-hybridized carbons (Fsp3) is 0.200. The molecule has 2 aromatic carbocycles. The van der Waals surface area contributed by atoms with E-state index in [9.17, 15) is 0 Å². The van der Waals surface area contributed by atoms with Crippen molar-refractivity contribution in [1.29, 1.82) is 0 Å². The number of ether oxygens (including phenoxy) is 1. The number of benzene rings is 2. The van der Waals surface area contributed by atoms with Gasteiger partial charge in [0.05, 0.1) is 5.02 Å². The van der Waals surface area contributed by atoms with Crippen molar-refractivity contribution in [2.45, 2.75) is 13.0 Å². The molecule has 94 valence electrons. The zero-order chi connectivity index (χ0) is 12.8. The first-order valence-electron chi connectivity index (χ1n) is 5.95. The number of rotatable bonds is 5. The molecule has 2 N–H and O–H groups in total. The van der Waals surface area contributed by atoms with E-state index >= 15 is 0 Å². The van der Waals surface area contributed by atoms with Crippen LogP contribution in [0.25, 0.3) is 0 Å². The van der Waals surface area contributed by atoms with Crippen LogP contribution in [0.2, 0.25) is 5.02 Å². The highest BCUT2D eigenvalue weighted by Crippen LogP contribution is 2.26. The Labute approximate surface area is 112 Å². The van der Waals surface area contributed by atoms with Crippen LogP contribution >= 0.6 is 11.6 Å². The normalized spacial score (nSPS) is 10.3. The minimum Gasteiger partial charge on any atom is -0.487 e. The molecule has 0 heterocycles. The van der Waals surface area contributed by atoms with Gasteiger partial charge in [-0.15, -0.1) is 0 Å². The van der Waals surface area contributed by atoms with Crippen LogP contribution < -0.4 is 10.5 Å². The molecule has 3 heteroatoms. The Morgan fingerprint density at radius 3 is 2.44 bits per heavy atom. The highest BCUT2D eigenvalue weighted by molar-refractivity contribution is 6.32. The second kappa shape index (κ2) is 6.43. The van der Waals surface area contributed by atoms with Gasteiger partial charge in [0.15, 0.2) is 0 Å². The number of nitrogens with two attached hydrogens (primary N) is 1. The summed E-state index contributed by atoms with van der Waals surface area (Å²) in [5.41, 5.74) is 7.77. The maximum Gasteiger partial charge on any atom is 0.138 e. The molecule has 18 heavy (non-hydrogen) atoms. The van der Waals surface area contributed by atoms with Crippen LogP contribution in [-0.2, 0) is 13.0 Å². The minimum atomic E-state index is 0.525. The molecule has 0 aliphatic carbocycles. The van der Waals surface area contributed by atoms with Crippen molar-refractivity contribution in [2.75, 3.05) is 6.54 Å². The Balaban J connectivity index is 2.01. The van der Waals surface area contributed by atoms with E-state index in [4.69, 9.17) is 22.1 Å². The van der Waals surface area contributed by atoms with E-state index in [1.54, 1.807) is 0 Å². The van der Waals surface area contributed by atoms with Gasteiger partial charge in [-0.3, -0.25) is 0 Å². The molecule has 0 amide bonds. The highest BCUT2D eigenvalue weighted by Gasteiger charge is 2.03. The van der Waals surface area contributed by atoms with Gasteiger partial charge in [-0.1, -0.05) is 48.0 Å². The van der Waals surface area contributed by atoms with E-state index in [2.05, 4.69) is 0 Å². The molecule has 0 fully saturated rings. The van der Waals surface area contributed by atoms with E-state index < -0.39 is 0 Å². The third-order valence-electron chi connectivity index (χ3n) is 2.67. The molecule has 0 aliphatic heterocycles. The van der Waals surface area contributed by atoms with Gasteiger partial charge < -0.3 is 10.5 Å². The number of halogens is 1. The lowest BCUT2D eigenvalue weighted by Gasteiger charge is -2.09. The predicted octanol–water partition coefficient (Wildman–Crippen LogP) is 3.42. The van der Waals surface area contributed by atoms with Crippen LogP contribution in [0.15, 0.2) is 48.5 Å². The lowest BCUT2D eigenvalue weighted by molar-refractivity contribution is 0.306. The Morgan fingerprint density at radius 2 is 1.78 bits per heavy atom. The summed E-state index contributed by atoms with van der Waals surface area (Å²) in [6.45, 7) is 1.15. The number of hydrogen-bond acceptors (Lipinski definition) is 2. The summed E-state index contributed by atoms with van der Waals surface area (Å²) in [6.07, 6.45) is 0.832. The van der Waals surface area contributed by atoms with E-state index in [1.807, 2.05) is 48.5 Å². The quantitative estimate of drug-likeness (QED) is 0.895. The van der Waals surface area contributed by atoms with Crippen LogP contribution in [0.3, 0.4) is 0 Å². The van der Waals surface area contributed by atoms with Gasteiger partial charge >= 0.3 is 0 Å². The third-order valence-corrected chi connectivity index (χ3v) is 2.96. The van der Waals surface area contributed by atoms with E-state index in [1.165, 1.54) is 0 Å². The number of hydrogen-bond donors (Lipinski definition) is 1. The van der Waals surface area contributed by atoms with Crippen molar-refractivity contribution in [1.82, 2.24) is 0 Å². The smallest absolute Gasteiger partial charge is 0.138 e. The van der Waals surface area contributed by atoms with Crippen molar-refractivity contribution < 1.29 is 4.74 Å². The van der Waals surface area contributed by atoms with Crippen LogP contribution in [0.1, 0.15) is 11.1 Å². The van der Waals surface area contributed by atoms with Gasteiger partial charge in [-0.25, -0.2) is 0 Å². The fourth-order valence-electron chi connectivity index (χ4n) is 1.72. The predicted molar refractivity (Wildman–Crippen MR) is 75.0 cm³/mol. The fourth-order valence-corrected chi connectivity index (χ4v) is 1.98. The van der Waals surface area contributed by atoms with Gasteiger partial charge in [-0.05, 0) is 36.2 Å². The average Bonchev–Trinajstić information content (AvgIpc) is 2.39. The molecule has 0 radical (unpaired) electrons. The Hall–Kier alpha value is -1.51. The molecule has 0 unspecified atom stereocenters. The van der Waals surface area contributed by atoms with Gasteiger partial charge in [-0.2, -0.15) is 0 Å². The molecular weight excluding hydrogens is 246 g/mol. The molecule has 0 spiro atoms. The third kappa shape index (κ3) is 3.49. The van der Waals surface area contributed by atoms with Crippen molar-refractivity contribution in [3.63, 3.8) is 0 Å². The maximum absolute atomic E-state index is 6.17. The van der Waals surface area contributed by atoms with Crippen LogP contribution in [0.5, 0.6) is 5.75 Å². The summed E-state index contributed by atoms with van der Waals surface area (Å²) in [4.78, 5) is 0. The zero-order valence-corrected chi connectivity index (χ0v) is 10.9. The lowest BCUT2D eigenvalue weighted by atomic mass is 10.1. The van der Waals surface area contributed by atoms with Gasteiger partial charge in [0.25, 0.3) is 0 Å². The molecule has 0 aliphatic rings. The van der Waals surface area contributed by atoms with E-state index in [0.29, 0.717) is 23.9 Å². The minimum absolute atomic E-state index is 0.525. The van der Waals surface area contributed by atoms with E-state index in [0.717, 1.165) is 17.5 Å². The summed E-state index contributed by atoms with van der Waals surface area (Å²) in [5.74, 6) is 0.710. The zero-order valence-electron chi connectivity index (χ0n) is 10.1. The molecule has 0 aromatic heterocycles. The van der Waals surface area contributed by atoms with Gasteiger partial charge in [0, 0.05) is 0 Å². The molecule has 2 nitrogen and oxygen atoms in total. The summed E-state index contributed by atoms with van der Waals surface area (Å²) >= 11 is 6.17. The lowest BCUT2D eigenvalue weighted by Crippen LogP contribution is -2.03. The van der Waals surface area contributed by atoms with Crippen molar-refractivity contribution in [3.05, 3.63) is 64.7 Å². The molecule has 2 rings (SSSR count). The molecule has 0 saturated heterocycles.